The van der Waals surface area contributed by atoms with Gasteiger partial charge in [0, 0.05) is 126 Å². The van der Waals surface area contributed by atoms with Gasteiger partial charge in [-0.15, -0.1) is 34.0 Å². The largest absolute Gasteiger partial charge is 0.455 e. The van der Waals surface area contributed by atoms with Gasteiger partial charge in [-0.1, -0.05) is 382 Å². The van der Waals surface area contributed by atoms with E-state index in [-0.39, 0.29) is 0 Å². The lowest BCUT2D eigenvalue weighted by atomic mass is 9.59. The SMILES string of the molecule is c1ccc2c(c1)oc1c(-c3ccc4c5c(cccc35)C35c6cccc7c(-c8cccc9c8oc8ccccc89)ccc(c67)C43c3ccc(-c4cccc6c4oc4cccc(-c7ccc8sc9c(-c%10ccc%11c%12c(cccc%10%12)C%10%12c%13cccc%14c(-c%15cccc%16c%15sc%15ccccc%15%16)ccc(c%13%14)C%11%10c%10ccc(-c%11cccc%13c%11sc%11ccccc%11%13)c%11cccc%12c%10%11)cccc9c8c7)c46)c4cccc5c34)cccc12. The van der Waals surface area contributed by atoms with E-state index < -0.39 is 21.7 Å². The Morgan fingerprint density at radius 1 is 0.141 bits per heavy atom. The molecular weight excluding hydrogens is 1780 g/mol. The van der Waals surface area contributed by atoms with Crippen LogP contribution in [0, 0.1) is 0 Å². The van der Waals surface area contributed by atoms with E-state index in [9.17, 15) is 0 Å². The maximum absolute atomic E-state index is 7.47. The van der Waals surface area contributed by atoms with Crippen molar-refractivity contribution in [1.29, 1.82) is 0 Å². The van der Waals surface area contributed by atoms with Gasteiger partial charge < -0.3 is 13.3 Å². The first-order chi connectivity index (χ1) is 70.4. The zero-order valence-electron chi connectivity index (χ0n) is 75.9. The van der Waals surface area contributed by atoms with Gasteiger partial charge in [-0.2, -0.15) is 0 Å². The minimum Gasteiger partial charge on any atom is -0.455 e. The number of furan rings is 3. The maximum Gasteiger partial charge on any atom is 0.143 e. The Bertz CT molecular complexity index is 10800. The monoisotopic (exact) mass is 1850 g/mol. The van der Waals surface area contributed by atoms with Gasteiger partial charge in [0.05, 0.1) is 21.7 Å². The zero-order chi connectivity index (χ0) is 91.5. The first kappa shape index (κ1) is 75.0. The Hall–Kier alpha value is -17.1. The minimum atomic E-state index is -0.680. The summed E-state index contributed by atoms with van der Waals surface area (Å²) in [5, 5.41) is 30.1. The molecular formula is C136H70O3S3. The molecule has 0 amide bonds. The third kappa shape index (κ3) is 8.41. The number of rotatable bonds is 7. The van der Waals surface area contributed by atoms with E-state index in [2.05, 4.69) is 425 Å². The van der Waals surface area contributed by atoms with E-state index in [1.165, 1.54) is 236 Å². The van der Waals surface area contributed by atoms with Crippen LogP contribution in [0.4, 0.5) is 0 Å². The van der Waals surface area contributed by atoms with Crippen LogP contribution in [0.15, 0.2) is 438 Å². The fourth-order valence-corrected chi connectivity index (χ4v) is 33.8. The van der Waals surface area contributed by atoms with E-state index in [0.29, 0.717) is 0 Å². The van der Waals surface area contributed by atoms with Crippen LogP contribution in [-0.4, -0.2) is 0 Å². The molecule has 24 aromatic carbocycles. The van der Waals surface area contributed by atoms with Crippen LogP contribution in [-0.2, 0) is 21.7 Å². The standard InChI is InChI=1S/C136H70O3S3/c1-5-51-114-79(22-1)92-36-9-33-89(127(92)137-114)73-57-63-108-121-83(73)27-15-45-102(121)133-103-46-16-28-84-74(90-34-10-37-93-80-23-2-6-52-115(80)138-128(90)93)58-64-109(122(84)103)135(108,133)110-65-59-75(85-29-17-47-104(133)123(85)110)91-35-11-44-100-120-72(26-21-53-116(120)139-129(91)100)71-56-69-119-101(70-71)99-43-14-40-96(132(99)142-119)78-62-68-113-126-88(78)32-20-50-107(126)134-105-48-18-30-86-76(94-38-12-41-97-81-24-3-7-54-117(81)140-130(94)97)60-66-111(124(86)105)136(113,134)112-67-61-77(87-31-19-49-106(134)125(87)112)95-39-13-42-98-82-25-4-8-55-118(82)141-131(95)98/h1-70H. The second-order valence-corrected chi connectivity index (χ2v) is 43.6. The summed E-state index contributed by atoms with van der Waals surface area (Å²) in [5.41, 5.74) is 35.8. The molecule has 0 atom stereocenters. The molecule has 0 saturated carbocycles. The highest BCUT2D eigenvalue weighted by atomic mass is 32.1. The molecule has 0 N–H and O–H groups in total. The number of hydrogen-bond acceptors (Lipinski definition) is 6. The van der Waals surface area contributed by atoms with Crippen molar-refractivity contribution in [2.75, 3.05) is 0 Å². The van der Waals surface area contributed by atoms with Crippen LogP contribution in [0.2, 0.25) is 0 Å². The first-order valence-electron chi connectivity index (χ1n) is 49.4. The quantitative estimate of drug-likeness (QED) is 0.160. The van der Waals surface area contributed by atoms with Crippen LogP contribution >= 0.6 is 34.0 Å². The summed E-state index contributed by atoms with van der Waals surface area (Å²) in [7, 11) is 0. The fourth-order valence-electron chi connectivity index (χ4n) is 30.1. The van der Waals surface area contributed by atoms with Gasteiger partial charge in [0.25, 0.3) is 0 Å². The fraction of sp³-hybridized carbons (Fsp3) is 0.0294. The van der Waals surface area contributed by atoms with E-state index in [4.69, 9.17) is 13.3 Å². The van der Waals surface area contributed by atoms with Crippen molar-refractivity contribution in [3.8, 4) is 77.9 Å². The van der Waals surface area contributed by atoms with E-state index in [1.54, 1.807) is 0 Å². The van der Waals surface area contributed by atoms with Gasteiger partial charge in [0.2, 0.25) is 0 Å². The highest BCUT2D eigenvalue weighted by Crippen LogP contribution is 2.79. The molecule has 0 spiro atoms. The zero-order valence-corrected chi connectivity index (χ0v) is 78.3. The molecule has 0 unspecified atom stereocenters. The van der Waals surface area contributed by atoms with E-state index in [1.807, 2.05) is 34.0 Å². The third-order valence-electron chi connectivity index (χ3n) is 34.9. The number of fused-ring (bicyclic) bond motifs is 18. The normalized spacial score (nSPS) is 17.5. The van der Waals surface area contributed by atoms with Crippen LogP contribution in [0.5, 0.6) is 0 Å². The van der Waals surface area contributed by atoms with Crippen molar-refractivity contribution < 1.29 is 13.3 Å². The summed E-state index contributed by atoms with van der Waals surface area (Å²) in [6.07, 6.45) is 0. The lowest BCUT2D eigenvalue weighted by Gasteiger charge is -2.40. The summed E-state index contributed by atoms with van der Waals surface area (Å²) in [4.78, 5) is 0. The smallest absolute Gasteiger partial charge is 0.143 e. The second-order valence-electron chi connectivity index (χ2n) is 40.4. The molecule has 6 aliphatic carbocycles. The summed E-state index contributed by atoms with van der Waals surface area (Å²) in [6, 6.07) is 164. The average Bonchev–Trinajstić information content (AvgIpc) is 1.44. The van der Waals surface area contributed by atoms with Gasteiger partial charge >= 0.3 is 0 Å². The summed E-state index contributed by atoms with van der Waals surface area (Å²) in [6.45, 7) is 0. The molecule has 0 aliphatic heterocycles. The Morgan fingerprint density at radius 3 is 0.761 bits per heavy atom. The van der Waals surface area contributed by atoms with Gasteiger partial charge in [0.15, 0.2) is 0 Å². The van der Waals surface area contributed by atoms with Gasteiger partial charge in [-0.3, -0.25) is 0 Å². The molecule has 36 rings (SSSR count). The molecule has 650 valence electrons. The minimum absolute atomic E-state index is 0.610. The molecule has 6 aromatic heterocycles. The number of benzene rings is 24. The second kappa shape index (κ2) is 25.9. The maximum atomic E-state index is 7.47. The van der Waals surface area contributed by atoms with Gasteiger partial charge in [-0.05, 0) is 218 Å². The lowest BCUT2D eigenvalue weighted by Crippen LogP contribution is -2.42. The Morgan fingerprint density at radius 2 is 0.387 bits per heavy atom. The molecule has 0 saturated heterocycles. The summed E-state index contributed by atoms with van der Waals surface area (Å²) in [5.74, 6) is 0. The molecule has 6 heteroatoms. The van der Waals surface area contributed by atoms with Crippen molar-refractivity contribution in [2.45, 2.75) is 21.7 Å². The van der Waals surface area contributed by atoms with Crippen molar-refractivity contribution in [3.63, 3.8) is 0 Å². The molecule has 6 heterocycles. The van der Waals surface area contributed by atoms with Crippen molar-refractivity contribution in [2.24, 2.45) is 0 Å². The third-order valence-corrected chi connectivity index (χ3v) is 38.6. The number of para-hydroxylation sites is 5. The molecule has 0 radical (unpaired) electrons. The Labute approximate surface area is 822 Å². The van der Waals surface area contributed by atoms with Gasteiger partial charge in [-0.25, -0.2) is 0 Å². The van der Waals surface area contributed by atoms with Crippen LogP contribution in [0.1, 0.15) is 66.8 Å². The molecule has 142 heavy (non-hydrogen) atoms. The molecule has 0 bridgehead atoms. The van der Waals surface area contributed by atoms with Crippen molar-refractivity contribution >= 4 is 225 Å². The van der Waals surface area contributed by atoms with Crippen molar-refractivity contribution in [3.05, 3.63) is 491 Å². The molecule has 3 nitrogen and oxygen atoms in total. The number of thiophene rings is 3. The van der Waals surface area contributed by atoms with E-state index in [0.717, 1.165) is 99.2 Å². The van der Waals surface area contributed by atoms with Crippen LogP contribution in [0.3, 0.4) is 0 Å². The summed E-state index contributed by atoms with van der Waals surface area (Å²) >= 11 is 5.76. The average molecular weight is 1850 g/mol. The highest BCUT2D eigenvalue weighted by molar-refractivity contribution is 7.27. The Kier molecular flexibility index (Phi) is 13.7. The van der Waals surface area contributed by atoms with E-state index >= 15 is 0 Å². The predicted octanol–water partition coefficient (Wildman–Crippen LogP) is 37.7. The van der Waals surface area contributed by atoms with Crippen molar-refractivity contribution in [1.82, 2.24) is 0 Å². The molecule has 0 fully saturated rings. The summed E-state index contributed by atoms with van der Waals surface area (Å²) < 4.78 is 29.1. The van der Waals surface area contributed by atoms with Gasteiger partial charge in [0.1, 0.15) is 33.5 Å². The van der Waals surface area contributed by atoms with Crippen LogP contribution < -0.4 is 0 Å². The van der Waals surface area contributed by atoms with Crippen LogP contribution in [0.25, 0.3) is 269 Å². The Balaban J connectivity index is 0.511. The molecule has 6 aliphatic rings. The number of hydrogen-bond donors (Lipinski definition) is 0. The lowest BCUT2D eigenvalue weighted by molar-refractivity contribution is 0.492. The predicted molar refractivity (Wildman–Crippen MR) is 595 cm³/mol. The molecule has 30 aromatic rings. The first-order valence-corrected chi connectivity index (χ1v) is 51.8. The highest BCUT2D eigenvalue weighted by Gasteiger charge is 2.72. The topological polar surface area (TPSA) is 39.4 Å².